The first kappa shape index (κ1) is 19.2. The lowest BCUT2D eigenvalue weighted by atomic mass is 9.98. The van der Waals surface area contributed by atoms with Crippen molar-refractivity contribution >= 4 is 23.2 Å². The Bertz CT molecular complexity index is 805. The zero-order valence-electron chi connectivity index (χ0n) is 15.6. The molecular formula is C20H24N2O4S. The van der Waals surface area contributed by atoms with E-state index in [4.69, 9.17) is 9.47 Å². The van der Waals surface area contributed by atoms with E-state index in [0.29, 0.717) is 43.8 Å². The minimum Gasteiger partial charge on any atom is -0.493 e. The van der Waals surface area contributed by atoms with E-state index < -0.39 is 0 Å². The van der Waals surface area contributed by atoms with Crippen LogP contribution in [0.5, 0.6) is 11.5 Å². The maximum Gasteiger partial charge on any atom is 0.252 e. The summed E-state index contributed by atoms with van der Waals surface area (Å²) >= 11 is 1.49. The number of thiophene rings is 1. The minimum absolute atomic E-state index is 0.0864. The number of rotatable bonds is 7. The molecule has 0 atom stereocenters. The molecule has 3 rings (SSSR count). The van der Waals surface area contributed by atoms with Crippen LogP contribution in [0, 0.1) is 0 Å². The average molecular weight is 388 g/mol. The predicted octanol–water partition coefficient (Wildman–Crippen LogP) is 2.86. The number of hydrogen-bond acceptors (Lipinski definition) is 5. The molecule has 1 N–H and O–H groups in total. The van der Waals surface area contributed by atoms with Crippen LogP contribution >= 0.6 is 11.3 Å². The van der Waals surface area contributed by atoms with Crippen molar-refractivity contribution in [1.29, 1.82) is 0 Å². The number of fused-ring (bicyclic) bond motifs is 1. The lowest BCUT2D eigenvalue weighted by molar-refractivity contribution is -0.132. The first-order chi connectivity index (χ1) is 13.1. The van der Waals surface area contributed by atoms with Crippen LogP contribution in [0.1, 0.15) is 34.3 Å². The Hall–Kier alpha value is -2.54. The van der Waals surface area contributed by atoms with Crippen molar-refractivity contribution in [2.45, 2.75) is 25.8 Å². The van der Waals surface area contributed by atoms with Crippen LogP contribution < -0.4 is 14.8 Å². The smallest absolute Gasteiger partial charge is 0.252 e. The van der Waals surface area contributed by atoms with Crippen LogP contribution in [0.2, 0.25) is 0 Å². The van der Waals surface area contributed by atoms with Crippen LogP contribution in [-0.2, 0) is 17.8 Å². The van der Waals surface area contributed by atoms with E-state index in [1.54, 1.807) is 20.3 Å². The molecule has 1 aromatic heterocycles. The van der Waals surface area contributed by atoms with Gasteiger partial charge in [0.2, 0.25) is 5.91 Å². The van der Waals surface area contributed by atoms with Gasteiger partial charge in [0.05, 0.1) is 14.2 Å². The standard InChI is InChI=1S/C20H24N2O4S/c1-25-17-10-14-5-8-22(12-16(14)11-18(17)26-2)19(23)4-3-7-21-20(24)15-6-9-27-13-15/h6,9-11,13H,3-5,7-8,12H2,1-2H3,(H,21,24). The quantitative estimate of drug-likeness (QED) is 0.741. The summed E-state index contributed by atoms with van der Waals surface area (Å²) in [5, 5.41) is 6.54. The largest absolute Gasteiger partial charge is 0.493 e. The van der Waals surface area contributed by atoms with Crippen molar-refractivity contribution < 1.29 is 19.1 Å². The van der Waals surface area contributed by atoms with Gasteiger partial charge in [0.25, 0.3) is 5.91 Å². The molecule has 0 unspecified atom stereocenters. The number of ether oxygens (including phenoxy) is 2. The third-order valence-electron chi connectivity index (χ3n) is 4.71. The second-order valence-corrected chi connectivity index (χ2v) is 7.19. The molecule has 144 valence electrons. The summed E-state index contributed by atoms with van der Waals surface area (Å²) in [7, 11) is 3.24. The highest BCUT2D eigenvalue weighted by Gasteiger charge is 2.22. The number of carbonyl (C=O) groups is 2. The Balaban J connectivity index is 1.49. The molecule has 2 heterocycles. The van der Waals surface area contributed by atoms with Gasteiger partial charge in [-0.1, -0.05) is 0 Å². The van der Waals surface area contributed by atoms with Gasteiger partial charge >= 0.3 is 0 Å². The number of benzene rings is 1. The molecule has 0 saturated carbocycles. The second-order valence-electron chi connectivity index (χ2n) is 6.41. The highest BCUT2D eigenvalue weighted by Crippen LogP contribution is 2.33. The molecule has 7 heteroatoms. The van der Waals surface area contributed by atoms with Crippen LogP contribution in [-0.4, -0.2) is 44.0 Å². The molecule has 0 saturated heterocycles. The number of nitrogens with one attached hydrogen (secondary N) is 1. The summed E-state index contributed by atoms with van der Waals surface area (Å²) in [5.41, 5.74) is 2.96. The Labute approximate surface area is 163 Å². The first-order valence-corrected chi connectivity index (χ1v) is 9.88. The number of carbonyl (C=O) groups excluding carboxylic acids is 2. The molecule has 0 radical (unpaired) electrons. The molecule has 1 aromatic carbocycles. The maximum atomic E-state index is 12.5. The number of nitrogens with zero attached hydrogens (tertiary/aromatic N) is 1. The number of hydrogen-bond donors (Lipinski definition) is 1. The monoisotopic (exact) mass is 388 g/mol. The van der Waals surface area contributed by atoms with Crippen molar-refractivity contribution in [1.82, 2.24) is 10.2 Å². The fourth-order valence-electron chi connectivity index (χ4n) is 3.19. The molecule has 0 fully saturated rings. The Kier molecular flexibility index (Phi) is 6.34. The van der Waals surface area contributed by atoms with Crippen LogP contribution in [0.15, 0.2) is 29.0 Å². The SMILES string of the molecule is COc1cc2c(cc1OC)CN(C(=O)CCCNC(=O)c1ccsc1)CC2. The average Bonchev–Trinajstić information content (AvgIpc) is 3.24. The molecule has 2 aromatic rings. The summed E-state index contributed by atoms with van der Waals surface area (Å²) < 4.78 is 10.7. The van der Waals surface area contributed by atoms with Gasteiger partial charge in [-0.05, 0) is 47.5 Å². The zero-order chi connectivity index (χ0) is 19.2. The maximum absolute atomic E-state index is 12.5. The van der Waals surface area contributed by atoms with Crippen molar-refractivity contribution in [2.24, 2.45) is 0 Å². The molecule has 0 spiro atoms. The highest BCUT2D eigenvalue weighted by molar-refractivity contribution is 7.08. The van der Waals surface area contributed by atoms with Gasteiger partial charge in [0.1, 0.15) is 0 Å². The third kappa shape index (κ3) is 4.60. The van der Waals surface area contributed by atoms with Crippen molar-refractivity contribution in [3.63, 3.8) is 0 Å². The van der Waals surface area contributed by atoms with Crippen molar-refractivity contribution in [3.05, 3.63) is 45.6 Å². The van der Waals surface area contributed by atoms with E-state index in [1.165, 1.54) is 16.9 Å². The second kappa shape index (κ2) is 8.90. The molecule has 6 nitrogen and oxygen atoms in total. The van der Waals surface area contributed by atoms with E-state index in [1.807, 2.05) is 27.8 Å². The Morgan fingerprint density at radius 1 is 1.19 bits per heavy atom. The summed E-state index contributed by atoms with van der Waals surface area (Å²) in [4.78, 5) is 26.3. The zero-order valence-corrected chi connectivity index (χ0v) is 16.4. The summed E-state index contributed by atoms with van der Waals surface area (Å²) in [6, 6.07) is 5.74. The van der Waals surface area contributed by atoms with Gasteiger partial charge in [-0.25, -0.2) is 0 Å². The fourth-order valence-corrected chi connectivity index (χ4v) is 3.83. The van der Waals surface area contributed by atoms with Crippen LogP contribution in [0.3, 0.4) is 0 Å². The Morgan fingerprint density at radius 2 is 1.93 bits per heavy atom. The van der Waals surface area contributed by atoms with Gasteiger partial charge in [-0.2, -0.15) is 11.3 Å². The lowest BCUT2D eigenvalue weighted by Crippen LogP contribution is -2.36. The normalized spacial score (nSPS) is 13.0. The van der Waals surface area contributed by atoms with Gasteiger partial charge in [0, 0.05) is 37.0 Å². The predicted molar refractivity (Wildman–Crippen MR) is 105 cm³/mol. The number of methoxy groups -OCH3 is 2. The van der Waals surface area contributed by atoms with Gasteiger partial charge < -0.3 is 19.7 Å². The van der Waals surface area contributed by atoms with E-state index in [2.05, 4.69) is 5.32 Å². The molecular weight excluding hydrogens is 364 g/mol. The molecule has 2 amide bonds. The molecule has 1 aliphatic rings. The summed E-state index contributed by atoms with van der Waals surface area (Å²) in [5.74, 6) is 1.43. The van der Waals surface area contributed by atoms with Crippen molar-refractivity contribution in [2.75, 3.05) is 27.3 Å². The number of amides is 2. The lowest BCUT2D eigenvalue weighted by Gasteiger charge is -2.29. The van der Waals surface area contributed by atoms with E-state index in [0.717, 1.165) is 17.7 Å². The van der Waals surface area contributed by atoms with E-state index >= 15 is 0 Å². The van der Waals surface area contributed by atoms with Crippen molar-refractivity contribution in [3.8, 4) is 11.5 Å². The molecule has 27 heavy (non-hydrogen) atoms. The Morgan fingerprint density at radius 3 is 2.59 bits per heavy atom. The highest BCUT2D eigenvalue weighted by atomic mass is 32.1. The van der Waals surface area contributed by atoms with E-state index in [9.17, 15) is 9.59 Å². The molecule has 0 bridgehead atoms. The third-order valence-corrected chi connectivity index (χ3v) is 5.39. The van der Waals surface area contributed by atoms with Gasteiger partial charge in [0.15, 0.2) is 11.5 Å². The topological polar surface area (TPSA) is 67.9 Å². The summed E-state index contributed by atoms with van der Waals surface area (Å²) in [6.07, 6.45) is 1.85. The van der Waals surface area contributed by atoms with Crippen LogP contribution in [0.25, 0.3) is 0 Å². The minimum atomic E-state index is -0.0864. The van der Waals surface area contributed by atoms with Crippen LogP contribution in [0.4, 0.5) is 0 Å². The van der Waals surface area contributed by atoms with Gasteiger partial charge in [-0.3, -0.25) is 9.59 Å². The molecule has 1 aliphatic heterocycles. The summed E-state index contributed by atoms with van der Waals surface area (Å²) in [6.45, 7) is 1.77. The molecule has 0 aliphatic carbocycles. The first-order valence-electron chi connectivity index (χ1n) is 8.94. The van der Waals surface area contributed by atoms with Gasteiger partial charge in [-0.15, -0.1) is 0 Å². The fraction of sp³-hybridized carbons (Fsp3) is 0.400. The van der Waals surface area contributed by atoms with E-state index in [-0.39, 0.29) is 11.8 Å².